The lowest BCUT2D eigenvalue weighted by Gasteiger charge is -2.15. The highest BCUT2D eigenvalue weighted by atomic mass is 35.5. The van der Waals surface area contributed by atoms with E-state index in [0.717, 1.165) is 51.7 Å². The van der Waals surface area contributed by atoms with Crippen LogP contribution in [-0.4, -0.2) is 9.97 Å². The lowest BCUT2D eigenvalue weighted by atomic mass is 10.0. The summed E-state index contributed by atoms with van der Waals surface area (Å²) in [7, 11) is 0. The number of halogens is 1. The van der Waals surface area contributed by atoms with Gasteiger partial charge in [0.2, 0.25) is 0 Å². The highest BCUT2D eigenvalue weighted by Crippen LogP contribution is 2.29. The molecule has 24 heavy (non-hydrogen) atoms. The summed E-state index contributed by atoms with van der Waals surface area (Å²) >= 11 is 6.25. The van der Waals surface area contributed by atoms with Crippen molar-refractivity contribution in [2.24, 2.45) is 0 Å². The molecule has 1 heterocycles. The fourth-order valence-electron chi connectivity index (χ4n) is 2.83. The Morgan fingerprint density at radius 2 is 1.79 bits per heavy atom. The number of fused-ring (bicyclic) bond motifs is 1. The molecule has 4 heteroatoms. The van der Waals surface area contributed by atoms with Gasteiger partial charge in [-0.05, 0) is 49.6 Å². The highest BCUT2D eigenvalue weighted by Gasteiger charge is 2.14. The molecule has 0 aliphatic carbocycles. The smallest absolute Gasteiger partial charge is 0.142 e. The number of nitrogens with zero attached hydrogens (tertiary/aromatic N) is 2. The number of para-hydroxylation sites is 1. The van der Waals surface area contributed by atoms with E-state index in [9.17, 15) is 0 Å². The second-order valence-electron chi connectivity index (χ2n) is 6.05. The van der Waals surface area contributed by atoms with Gasteiger partial charge >= 0.3 is 0 Å². The van der Waals surface area contributed by atoms with Crippen LogP contribution in [0.2, 0.25) is 5.02 Å². The number of hydrogen-bond donors (Lipinski definition) is 1. The quantitative estimate of drug-likeness (QED) is 0.598. The Balaban J connectivity index is 2.09. The van der Waals surface area contributed by atoms with Gasteiger partial charge in [0, 0.05) is 22.0 Å². The SMILES string of the molecule is CCC(CC)c1nc(Nc2ccc(C)c(Cl)c2)c2ccccc2n1. The number of nitrogens with one attached hydrogen (secondary N) is 1. The molecule has 0 atom stereocenters. The van der Waals surface area contributed by atoms with E-state index in [-0.39, 0.29) is 0 Å². The Bertz CT molecular complexity index is 857. The van der Waals surface area contributed by atoms with Gasteiger partial charge in [0.05, 0.1) is 5.52 Å². The summed E-state index contributed by atoms with van der Waals surface area (Å²) in [6.45, 7) is 6.36. The summed E-state index contributed by atoms with van der Waals surface area (Å²) in [5.41, 5.74) is 2.97. The van der Waals surface area contributed by atoms with Gasteiger partial charge in [0.25, 0.3) is 0 Å². The first-order valence-electron chi connectivity index (χ1n) is 8.42. The maximum Gasteiger partial charge on any atom is 0.142 e. The van der Waals surface area contributed by atoms with E-state index in [1.54, 1.807) is 0 Å². The van der Waals surface area contributed by atoms with Gasteiger partial charge in [0.1, 0.15) is 11.6 Å². The minimum absolute atomic E-state index is 0.372. The fraction of sp³-hybridized carbons (Fsp3) is 0.300. The first-order chi connectivity index (χ1) is 11.6. The van der Waals surface area contributed by atoms with Gasteiger partial charge in [-0.2, -0.15) is 0 Å². The van der Waals surface area contributed by atoms with Gasteiger partial charge in [0.15, 0.2) is 0 Å². The van der Waals surface area contributed by atoms with Crippen molar-refractivity contribution >= 4 is 34.0 Å². The lowest BCUT2D eigenvalue weighted by molar-refractivity contribution is 0.606. The molecule has 0 aliphatic rings. The summed E-state index contributed by atoms with van der Waals surface area (Å²) in [6, 6.07) is 14.1. The van der Waals surface area contributed by atoms with Crippen molar-refractivity contribution < 1.29 is 0 Å². The largest absolute Gasteiger partial charge is 0.340 e. The van der Waals surface area contributed by atoms with Crippen molar-refractivity contribution in [1.82, 2.24) is 9.97 Å². The second kappa shape index (κ2) is 7.18. The van der Waals surface area contributed by atoms with Gasteiger partial charge in [-0.25, -0.2) is 9.97 Å². The van der Waals surface area contributed by atoms with Crippen LogP contribution in [0.25, 0.3) is 10.9 Å². The summed E-state index contributed by atoms with van der Waals surface area (Å²) in [5.74, 6) is 2.11. The van der Waals surface area contributed by atoms with E-state index >= 15 is 0 Å². The maximum atomic E-state index is 6.25. The molecule has 124 valence electrons. The van der Waals surface area contributed by atoms with Crippen LogP contribution in [0.1, 0.15) is 44.0 Å². The van der Waals surface area contributed by atoms with Crippen molar-refractivity contribution in [3.8, 4) is 0 Å². The first kappa shape index (κ1) is 16.7. The van der Waals surface area contributed by atoms with E-state index in [4.69, 9.17) is 21.6 Å². The summed E-state index contributed by atoms with van der Waals surface area (Å²) in [5, 5.41) is 5.19. The molecule has 3 nitrogen and oxygen atoms in total. The monoisotopic (exact) mass is 339 g/mol. The summed E-state index contributed by atoms with van der Waals surface area (Å²) in [6.07, 6.45) is 2.06. The molecule has 0 radical (unpaired) electrons. The predicted molar refractivity (Wildman–Crippen MR) is 102 cm³/mol. The third-order valence-corrected chi connectivity index (χ3v) is 4.81. The Morgan fingerprint density at radius 3 is 2.50 bits per heavy atom. The third kappa shape index (κ3) is 3.36. The molecular formula is C20H22ClN3. The average Bonchev–Trinajstić information content (AvgIpc) is 2.59. The van der Waals surface area contributed by atoms with Crippen LogP contribution < -0.4 is 5.32 Å². The molecule has 0 fully saturated rings. The molecule has 0 bridgehead atoms. The zero-order valence-electron chi connectivity index (χ0n) is 14.3. The zero-order chi connectivity index (χ0) is 17.1. The highest BCUT2D eigenvalue weighted by molar-refractivity contribution is 6.31. The Labute approximate surface area is 148 Å². The maximum absolute atomic E-state index is 6.25. The first-order valence-corrected chi connectivity index (χ1v) is 8.80. The van der Waals surface area contributed by atoms with Crippen molar-refractivity contribution in [2.75, 3.05) is 5.32 Å². The summed E-state index contributed by atoms with van der Waals surface area (Å²) in [4.78, 5) is 9.60. The van der Waals surface area contributed by atoms with Gasteiger partial charge in [-0.3, -0.25) is 0 Å². The molecule has 3 aromatic rings. The number of aryl methyl sites for hydroxylation is 1. The Morgan fingerprint density at radius 1 is 1.04 bits per heavy atom. The Kier molecular flexibility index (Phi) is 5.00. The molecular weight excluding hydrogens is 318 g/mol. The Hall–Kier alpha value is -2.13. The summed E-state index contributed by atoms with van der Waals surface area (Å²) < 4.78 is 0. The van der Waals surface area contributed by atoms with E-state index < -0.39 is 0 Å². The van der Waals surface area contributed by atoms with E-state index in [1.165, 1.54) is 0 Å². The standard InChI is InChI=1S/C20H22ClN3/c1-4-14(5-2)19-23-18-9-7-6-8-16(18)20(24-19)22-15-11-10-13(3)17(21)12-15/h6-12,14H,4-5H2,1-3H3,(H,22,23,24). The third-order valence-electron chi connectivity index (χ3n) is 4.41. The molecule has 0 saturated heterocycles. The van der Waals surface area contributed by atoms with Crippen molar-refractivity contribution in [3.05, 3.63) is 58.9 Å². The number of anilines is 2. The molecule has 0 amide bonds. The van der Waals surface area contributed by atoms with Gasteiger partial charge < -0.3 is 5.32 Å². The van der Waals surface area contributed by atoms with Crippen molar-refractivity contribution in [2.45, 2.75) is 39.5 Å². The van der Waals surface area contributed by atoms with Crippen LogP contribution in [0.5, 0.6) is 0 Å². The minimum atomic E-state index is 0.372. The van der Waals surface area contributed by atoms with Crippen LogP contribution in [0.4, 0.5) is 11.5 Å². The number of hydrogen-bond acceptors (Lipinski definition) is 3. The number of rotatable bonds is 5. The second-order valence-corrected chi connectivity index (χ2v) is 6.46. The number of benzene rings is 2. The predicted octanol–water partition coefficient (Wildman–Crippen LogP) is 6.24. The van der Waals surface area contributed by atoms with E-state index in [1.807, 2.05) is 49.4 Å². The van der Waals surface area contributed by atoms with Gasteiger partial charge in [-0.1, -0.05) is 43.6 Å². The number of aromatic nitrogens is 2. The molecule has 0 aliphatic heterocycles. The van der Waals surface area contributed by atoms with Crippen LogP contribution in [0.15, 0.2) is 42.5 Å². The molecule has 0 spiro atoms. The topological polar surface area (TPSA) is 37.8 Å². The molecule has 0 unspecified atom stereocenters. The zero-order valence-corrected chi connectivity index (χ0v) is 15.1. The van der Waals surface area contributed by atoms with Crippen LogP contribution in [0.3, 0.4) is 0 Å². The van der Waals surface area contributed by atoms with Crippen LogP contribution in [-0.2, 0) is 0 Å². The minimum Gasteiger partial charge on any atom is -0.340 e. The van der Waals surface area contributed by atoms with E-state index in [2.05, 4.69) is 19.2 Å². The normalized spacial score (nSPS) is 11.2. The molecule has 3 rings (SSSR count). The molecule has 2 aromatic carbocycles. The van der Waals surface area contributed by atoms with E-state index in [0.29, 0.717) is 5.92 Å². The lowest BCUT2D eigenvalue weighted by Crippen LogP contribution is -2.06. The molecule has 1 N–H and O–H groups in total. The van der Waals surface area contributed by atoms with Crippen molar-refractivity contribution in [3.63, 3.8) is 0 Å². The molecule has 0 saturated carbocycles. The fourth-order valence-corrected chi connectivity index (χ4v) is 3.01. The van der Waals surface area contributed by atoms with Crippen LogP contribution in [0, 0.1) is 6.92 Å². The molecule has 1 aromatic heterocycles. The average molecular weight is 340 g/mol. The van der Waals surface area contributed by atoms with Gasteiger partial charge in [-0.15, -0.1) is 0 Å². The van der Waals surface area contributed by atoms with Crippen LogP contribution >= 0.6 is 11.6 Å². The van der Waals surface area contributed by atoms with Crippen molar-refractivity contribution in [1.29, 1.82) is 0 Å².